The van der Waals surface area contributed by atoms with Crippen molar-refractivity contribution in [1.29, 1.82) is 0 Å². The number of amides is 1. The van der Waals surface area contributed by atoms with E-state index in [0.717, 1.165) is 58.9 Å². The fraction of sp³-hybridized carbons (Fsp3) is 0.407. The van der Waals surface area contributed by atoms with Crippen LogP contribution in [0.25, 0.3) is 16.6 Å². The molecule has 9 heteroatoms. The van der Waals surface area contributed by atoms with Crippen molar-refractivity contribution in [1.82, 2.24) is 24.5 Å². The summed E-state index contributed by atoms with van der Waals surface area (Å²) in [5.41, 5.74) is 2.28. The van der Waals surface area contributed by atoms with Gasteiger partial charge >= 0.3 is 0 Å². The van der Waals surface area contributed by atoms with E-state index in [1.807, 2.05) is 12.1 Å². The van der Waals surface area contributed by atoms with Crippen LogP contribution in [0.4, 0.5) is 14.7 Å². The SMILES string of the molecule is Cc1ccc2nc(N3CCN(C(=O)c4c(F)cccc4F)CC3)n3c(C4CCCCC4)nnc3c2c1. The third-order valence-corrected chi connectivity index (χ3v) is 7.50. The first kappa shape index (κ1) is 22.8. The highest BCUT2D eigenvalue weighted by Gasteiger charge is 2.30. The first-order chi connectivity index (χ1) is 17.5. The van der Waals surface area contributed by atoms with Crippen molar-refractivity contribution in [3.63, 3.8) is 0 Å². The summed E-state index contributed by atoms with van der Waals surface area (Å²) in [6.07, 6.45) is 5.79. The lowest BCUT2D eigenvalue weighted by Gasteiger charge is -2.36. The number of hydrogen-bond acceptors (Lipinski definition) is 5. The maximum Gasteiger partial charge on any atom is 0.259 e. The number of benzene rings is 2. The van der Waals surface area contributed by atoms with E-state index >= 15 is 0 Å². The number of aryl methyl sites for hydroxylation is 1. The maximum atomic E-state index is 14.2. The molecule has 0 spiro atoms. The highest BCUT2D eigenvalue weighted by molar-refractivity contribution is 5.95. The normalized spacial score (nSPS) is 17.3. The fourth-order valence-corrected chi connectivity index (χ4v) is 5.56. The van der Waals surface area contributed by atoms with Gasteiger partial charge in [0.2, 0.25) is 5.95 Å². The summed E-state index contributed by atoms with van der Waals surface area (Å²) in [5, 5.41) is 10.2. The van der Waals surface area contributed by atoms with Crippen LogP contribution >= 0.6 is 0 Å². The van der Waals surface area contributed by atoms with Gasteiger partial charge in [0.1, 0.15) is 23.0 Å². The van der Waals surface area contributed by atoms with Gasteiger partial charge in [-0.3, -0.25) is 4.79 Å². The number of carbonyl (C=O) groups excluding carboxylic acids is 1. The van der Waals surface area contributed by atoms with Crippen molar-refractivity contribution in [2.45, 2.75) is 44.9 Å². The van der Waals surface area contributed by atoms with Crippen molar-refractivity contribution in [3.05, 3.63) is 65.0 Å². The summed E-state index contributed by atoms with van der Waals surface area (Å²) in [6, 6.07) is 9.63. The number of nitrogens with zero attached hydrogens (tertiary/aromatic N) is 6. The Morgan fingerprint density at radius 2 is 1.67 bits per heavy atom. The summed E-state index contributed by atoms with van der Waals surface area (Å²) in [6.45, 7) is 3.70. The molecular formula is C27H28F2N6O. The van der Waals surface area contributed by atoms with Crippen molar-refractivity contribution in [2.75, 3.05) is 31.1 Å². The van der Waals surface area contributed by atoms with E-state index in [4.69, 9.17) is 4.98 Å². The van der Waals surface area contributed by atoms with Crippen LogP contribution in [0.3, 0.4) is 0 Å². The molecule has 4 aromatic rings. The van der Waals surface area contributed by atoms with Gasteiger partial charge in [-0.05, 0) is 44.0 Å². The van der Waals surface area contributed by atoms with Gasteiger partial charge in [0.15, 0.2) is 5.65 Å². The average molecular weight is 491 g/mol. The Morgan fingerprint density at radius 1 is 0.944 bits per heavy atom. The molecule has 3 heterocycles. The minimum atomic E-state index is -0.836. The Balaban J connectivity index is 1.36. The minimum absolute atomic E-state index is 0.336. The second kappa shape index (κ2) is 9.11. The second-order valence-corrected chi connectivity index (χ2v) is 9.86. The van der Waals surface area contributed by atoms with Crippen molar-refractivity contribution < 1.29 is 13.6 Å². The molecule has 1 saturated heterocycles. The molecule has 0 radical (unpaired) electrons. The van der Waals surface area contributed by atoms with Gasteiger partial charge in [0, 0.05) is 37.5 Å². The monoisotopic (exact) mass is 490 g/mol. The Hall–Kier alpha value is -3.62. The van der Waals surface area contributed by atoms with Gasteiger partial charge in [0.25, 0.3) is 5.91 Å². The Bertz CT molecular complexity index is 1430. The van der Waals surface area contributed by atoms with Gasteiger partial charge in [0.05, 0.1) is 5.52 Å². The van der Waals surface area contributed by atoms with Crippen LogP contribution in [0.2, 0.25) is 0 Å². The summed E-state index contributed by atoms with van der Waals surface area (Å²) < 4.78 is 30.5. The zero-order valence-corrected chi connectivity index (χ0v) is 20.3. The quantitative estimate of drug-likeness (QED) is 0.410. The lowest BCUT2D eigenvalue weighted by atomic mass is 9.89. The maximum absolute atomic E-state index is 14.2. The molecule has 1 aliphatic heterocycles. The van der Waals surface area contributed by atoms with Gasteiger partial charge in [-0.1, -0.05) is 37.0 Å². The molecule has 1 aliphatic carbocycles. The smallest absolute Gasteiger partial charge is 0.259 e. The molecule has 2 aromatic heterocycles. The highest BCUT2D eigenvalue weighted by Crippen LogP contribution is 2.35. The van der Waals surface area contributed by atoms with Crippen molar-refractivity contribution in [3.8, 4) is 0 Å². The fourth-order valence-electron chi connectivity index (χ4n) is 5.56. The van der Waals surface area contributed by atoms with Crippen LogP contribution in [0.1, 0.15) is 59.8 Å². The zero-order valence-electron chi connectivity index (χ0n) is 20.3. The predicted octanol–water partition coefficient (Wildman–Crippen LogP) is 4.87. The predicted molar refractivity (Wildman–Crippen MR) is 133 cm³/mol. The average Bonchev–Trinajstić information content (AvgIpc) is 3.34. The number of anilines is 1. The van der Waals surface area contributed by atoms with E-state index in [0.29, 0.717) is 32.1 Å². The molecule has 0 atom stereocenters. The standard InChI is InChI=1S/C27H28F2N6O/c1-17-10-11-22-19(16-17)25-32-31-24(18-6-3-2-4-7-18)35(25)27(30-22)34-14-12-33(13-15-34)26(36)23-20(28)8-5-9-21(23)29/h5,8-11,16,18H,2-4,6-7,12-15H2,1H3. The molecular weight excluding hydrogens is 462 g/mol. The molecule has 1 saturated carbocycles. The Labute approximate surface area is 207 Å². The molecule has 7 nitrogen and oxygen atoms in total. The number of fused-ring (bicyclic) bond motifs is 3. The summed E-state index contributed by atoms with van der Waals surface area (Å²) in [4.78, 5) is 21.6. The number of hydrogen-bond donors (Lipinski definition) is 0. The molecule has 6 rings (SSSR count). The number of carbonyl (C=O) groups is 1. The van der Waals surface area contributed by atoms with E-state index in [1.54, 1.807) is 0 Å². The molecule has 0 bridgehead atoms. The topological polar surface area (TPSA) is 66.6 Å². The lowest BCUT2D eigenvalue weighted by molar-refractivity contribution is 0.0736. The number of rotatable bonds is 3. The van der Waals surface area contributed by atoms with E-state index in [1.165, 1.54) is 30.2 Å². The van der Waals surface area contributed by atoms with Crippen LogP contribution in [-0.2, 0) is 0 Å². The highest BCUT2D eigenvalue weighted by atomic mass is 19.1. The van der Waals surface area contributed by atoms with Crippen molar-refractivity contribution in [2.24, 2.45) is 0 Å². The van der Waals surface area contributed by atoms with Crippen molar-refractivity contribution >= 4 is 28.4 Å². The van der Waals surface area contributed by atoms with E-state index in [9.17, 15) is 13.6 Å². The van der Waals surface area contributed by atoms with Gasteiger partial charge in [-0.15, -0.1) is 10.2 Å². The molecule has 0 unspecified atom stereocenters. The van der Waals surface area contributed by atoms with Crippen LogP contribution in [0.5, 0.6) is 0 Å². The molecule has 0 N–H and O–H groups in total. The number of piperazine rings is 1. The largest absolute Gasteiger partial charge is 0.338 e. The third kappa shape index (κ3) is 3.86. The number of halogens is 2. The lowest BCUT2D eigenvalue weighted by Crippen LogP contribution is -2.50. The molecule has 2 aliphatic rings. The first-order valence-electron chi connectivity index (χ1n) is 12.6. The first-order valence-corrected chi connectivity index (χ1v) is 12.6. The van der Waals surface area contributed by atoms with Crippen LogP contribution in [0, 0.1) is 18.6 Å². The number of aromatic nitrogens is 4. The van der Waals surface area contributed by atoms with Crippen LogP contribution in [-0.4, -0.2) is 56.6 Å². The minimum Gasteiger partial charge on any atom is -0.338 e. The molecule has 2 aromatic carbocycles. The molecule has 186 valence electrons. The molecule has 2 fully saturated rings. The molecule has 1 amide bonds. The summed E-state index contributed by atoms with van der Waals surface area (Å²) >= 11 is 0. The van der Waals surface area contributed by atoms with E-state index < -0.39 is 23.1 Å². The van der Waals surface area contributed by atoms with Gasteiger partial charge in [-0.2, -0.15) is 0 Å². The third-order valence-electron chi connectivity index (χ3n) is 7.50. The molecule has 36 heavy (non-hydrogen) atoms. The van der Waals surface area contributed by atoms with Gasteiger partial charge < -0.3 is 9.80 Å². The van der Waals surface area contributed by atoms with E-state index in [2.05, 4.69) is 32.5 Å². The summed E-state index contributed by atoms with van der Waals surface area (Å²) in [5.74, 6) is -0.249. The van der Waals surface area contributed by atoms with Crippen LogP contribution < -0.4 is 4.90 Å². The Kier molecular flexibility index (Phi) is 5.78. The van der Waals surface area contributed by atoms with Gasteiger partial charge in [-0.25, -0.2) is 18.2 Å². The Morgan fingerprint density at radius 3 is 2.39 bits per heavy atom. The summed E-state index contributed by atoms with van der Waals surface area (Å²) in [7, 11) is 0. The zero-order chi connectivity index (χ0) is 24.8. The van der Waals surface area contributed by atoms with Crippen LogP contribution in [0.15, 0.2) is 36.4 Å². The van der Waals surface area contributed by atoms with E-state index in [-0.39, 0.29) is 0 Å². The second-order valence-electron chi connectivity index (χ2n) is 9.86.